The molecule has 4 heteroatoms. The molecule has 1 aromatic carbocycles. The molecule has 0 heterocycles. The van der Waals surface area contributed by atoms with Crippen molar-refractivity contribution in [2.75, 3.05) is 19.5 Å². The Balaban J connectivity index is 2.95. The molecule has 0 fully saturated rings. The third-order valence-electron chi connectivity index (χ3n) is 1.98. The number of carbonyl (C=O) groups is 1. The van der Waals surface area contributed by atoms with E-state index in [0.29, 0.717) is 17.2 Å². The molecule has 0 bridgehead atoms. The first-order valence-corrected chi connectivity index (χ1v) is 4.87. The maximum atomic E-state index is 11.4. The van der Waals surface area contributed by atoms with E-state index in [2.05, 4.69) is 5.32 Å². The second kappa shape index (κ2) is 5.80. The van der Waals surface area contributed by atoms with Gasteiger partial charge >= 0.3 is 0 Å². The minimum absolute atomic E-state index is 0.200. The first-order chi connectivity index (χ1) is 7.71. The van der Waals surface area contributed by atoms with Crippen LogP contribution in [0.3, 0.4) is 0 Å². The monoisotopic (exact) mass is 221 g/mol. The molecule has 1 N–H and O–H groups in total. The van der Waals surface area contributed by atoms with Crippen molar-refractivity contribution >= 4 is 11.6 Å². The summed E-state index contributed by atoms with van der Waals surface area (Å²) in [6.45, 7) is 1.78. The van der Waals surface area contributed by atoms with Gasteiger partial charge in [-0.3, -0.25) is 4.79 Å². The van der Waals surface area contributed by atoms with E-state index in [-0.39, 0.29) is 5.91 Å². The van der Waals surface area contributed by atoms with Gasteiger partial charge < -0.3 is 14.8 Å². The maximum absolute atomic E-state index is 11.4. The lowest BCUT2D eigenvalue weighted by molar-refractivity contribution is -0.111. The van der Waals surface area contributed by atoms with Crippen molar-refractivity contribution in [2.24, 2.45) is 0 Å². The standard InChI is InChI=1S/C12H15NO3/c1-4-5-12(14)13-10-8-9(15-2)6-7-11(10)16-3/h4-8H,1-3H3,(H,13,14). The first-order valence-electron chi connectivity index (χ1n) is 4.87. The van der Waals surface area contributed by atoms with Crippen LogP contribution in [0.4, 0.5) is 5.69 Å². The Morgan fingerprint density at radius 3 is 2.62 bits per heavy atom. The number of ether oxygens (including phenoxy) is 2. The molecule has 0 saturated carbocycles. The maximum Gasteiger partial charge on any atom is 0.248 e. The van der Waals surface area contributed by atoms with Crippen LogP contribution in [-0.4, -0.2) is 20.1 Å². The van der Waals surface area contributed by atoms with Crippen molar-refractivity contribution in [1.29, 1.82) is 0 Å². The van der Waals surface area contributed by atoms with Crippen molar-refractivity contribution in [3.05, 3.63) is 30.4 Å². The summed E-state index contributed by atoms with van der Waals surface area (Å²) in [5.41, 5.74) is 0.588. The molecule has 0 spiro atoms. The number of methoxy groups -OCH3 is 2. The molecule has 86 valence electrons. The van der Waals surface area contributed by atoms with Gasteiger partial charge in [-0.2, -0.15) is 0 Å². The number of carbonyl (C=O) groups excluding carboxylic acids is 1. The Hall–Kier alpha value is -1.97. The van der Waals surface area contributed by atoms with Crippen molar-refractivity contribution in [3.8, 4) is 11.5 Å². The molecule has 0 aliphatic heterocycles. The van der Waals surface area contributed by atoms with E-state index in [1.165, 1.54) is 6.08 Å². The molecular weight excluding hydrogens is 206 g/mol. The second-order valence-electron chi connectivity index (χ2n) is 3.06. The number of anilines is 1. The fourth-order valence-electron chi connectivity index (χ4n) is 1.24. The van der Waals surface area contributed by atoms with Gasteiger partial charge in [0, 0.05) is 6.07 Å². The van der Waals surface area contributed by atoms with Crippen LogP contribution in [0.2, 0.25) is 0 Å². The van der Waals surface area contributed by atoms with E-state index in [0.717, 1.165) is 0 Å². The van der Waals surface area contributed by atoms with Gasteiger partial charge in [0.05, 0.1) is 19.9 Å². The molecule has 0 radical (unpaired) electrons. The Morgan fingerprint density at radius 2 is 2.06 bits per heavy atom. The topological polar surface area (TPSA) is 47.6 Å². The summed E-state index contributed by atoms with van der Waals surface area (Å²) in [6.07, 6.45) is 3.11. The Morgan fingerprint density at radius 1 is 1.31 bits per heavy atom. The molecule has 0 aromatic heterocycles. The van der Waals surface area contributed by atoms with Crippen LogP contribution in [0.15, 0.2) is 30.4 Å². The molecule has 4 nitrogen and oxygen atoms in total. The van der Waals surface area contributed by atoms with Crippen molar-refractivity contribution < 1.29 is 14.3 Å². The lowest BCUT2D eigenvalue weighted by atomic mass is 10.2. The van der Waals surface area contributed by atoms with Crippen molar-refractivity contribution in [1.82, 2.24) is 0 Å². The Labute approximate surface area is 94.9 Å². The van der Waals surface area contributed by atoms with E-state index >= 15 is 0 Å². The zero-order valence-corrected chi connectivity index (χ0v) is 9.61. The number of nitrogens with one attached hydrogen (secondary N) is 1. The molecule has 0 saturated heterocycles. The number of rotatable bonds is 4. The number of hydrogen-bond donors (Lipinski definition) is 1. The van der Waals surface area contributed by atoms with Gasteiger partial charge in [0.1, 0.15) is 11.5 Å². The van der Waals surface area contributed by atoms with Crippen LogP contribution in [0.25, 0.3) is 0 Å². The van der Waals surface area contributed by atoms with Gasteiger partial charge in [-0.05, 0) is 25.1 Å². The molecule has 1 aromatic rings. The Bertz CT molecular complexity index is 399. The molecule has 16 heavy (non-hydrogen) atoms. The molecular formula is C12H15NO3. The zero-order valence-electron chi connectivity index (χ0n) is 9.61. The highest BCUT2D eigenvalue weighted by atomic mass is 16.5. The SMILES string of the molecule is CC=CC(=O)Nc1cc(OC)ccc1OC. The average molecular weight is 221 g/mol. The summed E-state index contributed by atoms with van der Waals surface area (Å²) in [6, 6.07) is 5.22. The van der Waals surface area contributed by atoms with Crippen LogP contribution in [0, 0.1) is 0 Å². The molecule has 0 atom stereocenters. The van der Waals surface area contributed by atoms with E-state index in [1.807, 2.05) is 0 Å². The highest BCUT2D eigenvalue weighted by Crippen LogP contribution is 2.28. The highest BCUT2D eigenvalue weighted by Gasteiger charge is 2.06. The normalized spacial score (nSPS) is 10.2. The summed E-state index contributed by atoms with van der Waals surface area (Å²) in [7, 11) is 3.12. The summed E-state index contributed by atoms with van der Waals surface area (Å²) < 4.78 is 10.2. The summed E-state index contributed by atoms with van der Waals surface area (Å²) in [5.74, 6) is 1.06. The second-order valence-corrected chi connectivity index (χ2v) is 3.06. The largest absolute Gasteiger partial charge is 0.497 e. The number of amides is 1. The number of hydrogen-bond acceptors (Lipinski definition) is 3. The number of allylic oxidation sites excluding steroid dienone is 1. The van der Waals surface area contributed by atoms with Gasteiger partial charge in [-0.25, -0.2) is 0 Å². The van der Waals surface area contributed by atoms with Crippen molar-refractivity contribution in [2.45, 2.75) is 6.92 Å². The van der Waals surface area contributed by atoms with E-state index < -0.39 is 0 Å². The third kappa shape index (κ3) is 3.02. The highest BCUT2D eigenvalue weighted by molar-refractivity contribution is 6.00. The predicted molar refractivity (Wildman–Crippen MR) is 63.0 cm³/mol. The summed E-state index contributed by atoms with van der Waals surface area (Å²) in [4.78, 5) is 11.4. The molecule has 0 aliphatic carbocycles. The van der Waals surface area contributed by atoms with Crippen LogP contribution in [-0.2, 0) is 4.79 Å². The van der Waals surface area contributed by atoms with E-state index in [4.69, 9.17) is 9.47 Å². The van der Waals surface area contributed by atoms with Crippen LogP contribution < -0.4 is 14.8 Å². The fourth-order valence-corrected chi connectivity index (χ4v) is 1.24. The predicted octanol–water partition coefficient (Wildman–Crippen LogP) is 2.22. The van der Waals surface area contributed by atoms with Crippen LogP contribution in [0.1, 0.15) is 6.92 Å². The lowest BCUT2D eigenvalue weighted by Crippen LogP contribution is -2.08. The van der Waals surface area contributed by atoms with Crippen molar-refractivity contribution in [3.63, 3.8) is 0 Å². The summed E-state index contributed by atoms with van der Waals surface area (Å²) in [5, 5.41) is 2.71. The number of benzene rings is 1. The van der Waals surface area contributed by atoms with E-state index in [1.54, 1.807) is 45.4 Å². The fraction of sp³-hybridized carbons (Fsp3) is 0.250. The minimum atomic E-state index is -0.200. The first kappa shape index (κ1) is 12.1. The molecule has 0 aliphatic rings. The van der Waals surface area contributed by atoms with Gasteiger partial charge in [-0.1, -0.05) is 6.08 Å². The van der Waals surface area contributed by atoms with Gasteiger partial charge in [0.2, 0.25) is 5.91 Å². The molecule has 1 rings (SSSR count). The summed E-state index contributed by atoms with van der Waals surface area (Å²) >= 11 is 0. The average Bonchev–Trinajstić information content (AvgIpc) is 2.29. The third-order valence-corrected chi connectivity index (χ3v) is 1.98. The van der Waals surface area contributed by atoms with Gasteiger partial charge in [0.25, 0.3) is 0 Å². The van der Waals surface area contributed by atoms with Crippen LogP contribution in [0.5, 0.6) is 11.5 Å². The van der Waals surface area contributed by atoms with Gasteiger partial charge in [-0.15, -0.1) is 0 Å². The minimum Gasteiger partial charge on any atom is -0.497 e. The smallest absolute Gasteiger partial charge is 0.248 e. The van der Waals surface area contributed by atoms with E-state index in [9.17, 15) is 4.79 Å². The molecule has 0 unspecified atom stereocenters. The van der Waals surface area contributed by atoms with Gasteiger partial charge in [0.15, 0.2) is 0 Å². The quantitative estimate of drug-likeness (QED) is 0.793. The Kier molecular flexibility index (Phi) is 4.39. The molecule has 1 amide bonds. The lowest BCUT2D eigenvalue weighted by Gasteiger charge is -2.10. The zero-order chi connectivity index (χ0) is 12.0. The van der Waals surface area contributed by atoms with Crippen LogP contribution >= 0.6 is 0 Å².